The van der Waals surface area contributed by atoms with Crippen molar-refractivity contribution in [1.82, 2.24) is 0 Å². The van der Waals surface area contributed by atoms with Crippen LogP contribution in [0.5, 0.6) is 0 Å². The Morgan fingerprint density at radius 2 is 1.71 bits per heavy atom. The Labute approximate surface area is 102 Å². The molecule has 0 amide bonds. The molecule has 3 heteroatoms. The summed E-state index contributed by atoms with van der Waals surface area (Å²) in [6, 6.07) is 14.9. The van der Waals surface area contributed by atoms with Crippen LogP contribution in [-0.4, -0.2) is 0 Å². The Morgan fingerprint density at radius 3 is 2.41 bits per heavy atom. The van der Waals surface area contributed by atoms with Crippen molar-refractivity contribution in [1.29, 1.82) is 0 Å². The summed E-state index contributed by atoms with van der Waals surface area (Å²) in [5.41, 5.74) is 7.61. The number of hydrogen-bond donors (Lipinski definition) is 1. The van der Waals surface area contributed by atoms with E-state index in [4.69, 9.17) is 5.73 Å². The van der Waals surface area contributed by atoms with Gasteiger partial charge in [-0.25, -0.2) is 4.39 Å². The van der Waals surface area contributed by atoms with E-state index in [9.17, 15) is 4.39 Å². The van der Waals surface area contributed by atoms with Crippen molar-refractivity contribution in [2.45, 2.75) is 0 Å². The van der Waals surface area contributed by atoms with Crippen molar-refractivity contribution in [2.75, 3.05) is 5.73 Å². The summed E-state index contributed by atoms with van der Waals surface area (Å²) in [7, 11) is 0. The van der Waals surface area contributed by atoms with Crippen LogP contribution in [0.25, 0.3) is 20.5 Å². The molecular weight excluding hydrogens is 233 g/mol. The highest BCUT2D eigenvalue weighted by Crippen LogP contribution is 2.41. The van der Waals surface area contributed by atoms with E-state index in [1.807, 2.05) is 36.4 Å². The topological polar surface area (TPSA) is 26.0 Å². The second-order valence-electron chi connectivity index (χ2n) is 3.82. The molecule has 0 fully saturated rings. The summed E-state index contributed by atoms with van der Waals surface area (Å²) >= 11 is 1.53. The van der Waals surface area contributed by atoms with E-state index in [1.165, 1.54) is 17.4 Å². The zero-order chi connectivity index (χ0) is 11.8. The molecule has 3 aromatic rings. The predicted molar refractivity (Wildman–Crippen MR) is 71.6 cm³/mol. The van der Waals surface area contributed by atoms with Crippen LogP contribution in [0.3, 0.4) is 0 Å². The molecule has 1 nitrogen and oxygen atoms in total. The molecule has 0 saturated carbocycles. The summed E-state index contributed by atoms with van der Waals surface area (Å²) in [5.74, 6) is -0.251. The second-order valence-corrected chi connectivity index (χ2v) is 4.88. The molecule has 0 aliphatic heterocycles. The van der Waals surface area contributed by atoms with Gasteiger partial charge >= 0.3 is 0 Å². The van der Waals surface area contributed by atoms with Crippen LogP contribution >= 0.6 is 11.3 Å². The van der Waals surface area contributed by atoms with Crippen LogP contribution in [0.1, 0.15) is 0 Å². The first-order chi connectivity index (χ1) is 8.27. The molecule has 3 rings (SSSR count). The molecule has 84 valence electrons. The lowest BCUT2D eigenvalue weighted by Crippen LogP contribution is -1.87. The highest BCUT2D eigenvalue weighted by Gasteiger charge is 2.13. The highest BCUT2D eigenvalue weighted by atomic mass is 32.1. The number of anilines is 1. The number of fused-ring (bicyclic) bond motifs is 1. The van der Waals surface area contributed by atoms with Gasteiger partial charge < -0.3 is 5.73 Å². The minimum atomic E-state index is -0.251. The van der Waals surface area contributed by atoms with Crippen LogP contribution in [0, 0.1) is 5.82 Å². The van der Waals surface area contributed by atoms with Gasteiger partial charge in [0, 0.05) is 4.70 Å². The molecular formula is C14H10FNS. The molecule has 0 aliphatic rings. The predicted octanol–water partition coefficient (Wildman–Crippen LogP) is 4.29. The molecule has 0 radical (unpaired) electrons. The zero-order valence-electron chi connectivity index (χ0n) is 8.98. The fourth-order valence-corrected chi connectivity index (χ4v) is 3.08. The van der Waals surface area contributed by atoms with Gasteiger partial charge in [-0.3, -0.25) is 0 Å². The first-order valence-electron chi connectivity index (χ1n) is 5.29. The van der Waals surface area contributed by atoms with Gasteiger partial charge in [0.15, 0.2) is 0 Å². The van der Waals surface area contributed by atoms with Crippen LogP contribution in [0.4, 0.5) is 10.1 Å². The highest BCUT2D eigenvalue weighted by molar-refractivity contribution is 7.23. The molecule has 1 heterocycles. The number of thiophene rings is 1. The average molecular weight is 243 g/mol. The van der Waals surface area contributed by atoms with Crippen LogP contribution in [-0.2, 0) is 0 Å². The summed E-state index contributed by atoms with van der Waals surface area (Å²) < 4.78 is 14.6. The van der Waals surface area contributed by atoms with Gasteiger partial charge in [0.2, 0.25) is 0 Å². The maximum Gasteiger partial charge on any atom is 0.133 e. The number of nitrogens with two attached hydrogens (primary N) is 1. The summed E-state index contributed by atoms with van der Waals surface area (Å²) in [4.78, 5) is 0.936. The smallest absolute Gasteiger partial charge is 0.133 e. The van der Waals surface area contributed by atoms with E-state index in [2.05, 4.69) is 0 Å². The summed E-state index contributed by atoms with van der Waals surface area (Å²) in [6.45, 7) is 0. The van der Waals surface area contributed by atoms with Crippen LogP contribution < -0.4 is 5.73 Å². The average Bonchev–Trinajstić information content (AvgIpc) is 2.69. The van der Waals surface area contributed by atoms with Crippen molar-refractivity contribution in [3.63, 3.8) is 0 Å². The van der Waals surface area contributed by atoms with E-state index >= 15 is 0 Å². The van der Waals surface area contributed by atoms with Crippen LogP contribution in [0.15, 0.2) is 48.5 Å². The fraction of sp³-hybridized carbons (Fsp3) is 0. The first kappa shape index (κ1) is 10.3. The van der Waals surface area contributed by atoms with E-state index in [0.717, 1.165) is 15.1 Å². The van der Waals surface area contributed by atoms with Crippen LogP contribution in [0.2, 0.25) is 0 Å². The maximum absolute atomic E-state index is 13.7. The monoisotopic (exact) mass is 243 g/mol. The van der Waals surface area contributed by atoms with Gasteiger partial charge in [0.25, 0.3) is 0 Å². The quantitative estimate of drug-likeness (QED) is 0.678. The number of nitrogen functional groups attached to an aromatic ring is 1. The lowest BCUT2D eigenvalue weighted by atomic mass is 10.1. The molecule has 2 aromatic carbocycles. The van der Waals surface area contributed by atoms with Gasteiger partial charge in [-0.05, 0) is 17.7 Å². The molecule has 0 atom stereocenters. The second kappa shape index (κ2) is 3.86. The minimum absolute atomic E-state index is 0.251. The fourth-order valence-electron chi connectivity index (χ4n) is 1.93. The van der Waals surface area contributed by atoms with Crippen molar-refractivity contribution in [3.05, 3.63) is 54.3 Å². The standard InChI is InChI=1S/C14H10FNS/c15-10-7-4-8-11-12(10)13(16)14(17-11)9-5-2-1-3-6-9/h1-8H,16H2. The zero-order valence-corrected chi connectivity index (χ0v) is 9.80. The third-order valence-corrected chi connectivity index (χ3v) is 3.96. The Hall–Kier alpha value is -1.87. The van der Waals surface area contributed by atoms with E-state index in [0.29, 0.717) is 11.1 Å². The SMILES string of the molecule is Nc1c(-c2ccccc2)sc2cccc(F)c12. The lowest BCUT2D eigenvalue weighted by Gasteiger charge is -1.99. The summed E-state index contributed by atoms with van der Waals surface area (Å²) in [6.07, 6.45) is 0. The molecule has 0 saturated heterocycles. The third kappa shape index (κ3) is 1.59. The van der Waals surface area contributed by atoms with E-state index < -0.39 is 0 Å². The van der Waals surface area contributed by atoms with Gasteiger partial charge in [0.1, 0.15) is 5.82 Å². The molecule has 0 unspecified atom stereocenters. The van der Waals surface area contributed by atoms with Gasteiger partial charge in [-0.1, -0.05) is 36.4 Å². The molecule has 17 heavy (non-hydrogen) atoms. The van der Waals surface area contributed by atoms with Crippen molar-refractivity contribution >= 4 is 27.1 Å². The first-order valence-corrected chi connectivity index (χ1v) is 6.11. The van der Waals surface area contributed by atoms with E-state index in [1.54, 1.807) is 6.07 Å². The maximum atomic E-state index is 13.7. The normalized spacial score (nSPS) is 10.9. The molecule has 0 spiro atoms. The van der Waals surface area contributed by atoms with E-state index in [-0.39, 0.29) is 5.82 Å². The molecule has 0 aliphatic carbocycles. The largest absolute Gasteiger partial charge is 0.397 e. The summed E-state index contributed by atoms with van der Waals surface area (Å²) in [5, 5.41) is 0.538. The number of hydrogen-bond acceptors (Lipinski definition) is 2. The Balaban J connectivity index is 2.33. The third-order valence-electron chi connectivity index (χ3n) is 2.74. The lowest BCUT2D eigenvalue weighted by molar-refractivity contribution is 0.640. The van der Waals surface area contributed by atoms with Gasteiger partial charge in [-0.15, -0.1) is 11.3 Å². The Bertz CT molecular complexity index is 673. The van der Waals surface area contributed by atoms with Crippen molar-refractivity contribution < 1.29 is 4.39 Å². The molecule has 0 bridgehead atoms. The number of benzene rings is 2. The Kier molecular flexibility index (Phi) is 2.34. The van der Waals surface area contributed by atoms with Gasteiger partial charge in [0.05, 0.1) is 16.0 Å². The van der Waals surface area contributed by atoms with Crippen molar-refractivity contribution in [2.24, 2.45) is 0 Å². The number of halogens is 1. The minimum Gasteiger partial charge on any atom is -0.397 e. The van der Waals surface area contributed by atoms with Crippen molar-refractivity contribution in [3.8, 4) is 10.4 Å². The number of rotatable bonds is 1. The van der Waals surface area contributed by atoms with Gasteiger partial charge in [-0.2, -0.15) is 0 Å². The Morgan fingerprint density at radius 1 is 0.941 bits per heavy atom. The molecule has 2 N–H and O–H groups in total. The molecule has 1 aromatic heterocycles.